The van der Waals surface area contributed by atoms with Crippen molar-refractivity contribution in [1.29, 1.82) is 0 Å². The highest BCUT2D eigenvalue weighted by Gasteiger charge is 2.19. The number of sulfonamides is 1. The fourth-order valence-electron chi connectivity index (χ4n) is 2.96. The summed E-state index contributed by atoms with van der Waals surface area (Å²) in [5, 5.41) is 4.98. The van der Waals surface area contributed by atoms with Crippen LogP contribution in [0.1, 0.15) is 42.6 Å². The number of fused-ring (bicyclic) bond motifs is 1. The molecule has 0 fully saturated rings. The second kappa shape index (κ2) is 8.57. The number of halogens is 1. The molecule has 3 rings (SSSR count). The van der Waals surface area contributed by atoms with Gasteiger partial charge in [-0.1, -0.05) is 38.1 Å². The number of nitrogens with two attached hydrogens (primary N) is 1. The molecule has 1 unspecified atom stereocenters. The first-order valence-electron chi connectivity index (χ1n) is 8.83. The average molecular weight is 424 g/mol. The highest BCUT2D eigenvalue weighted by Crippen LogP contribution is 2.20. The largest absolute Gasteiger partial charge is 0.323 e. The zero-order valence-corrected chi connectivity index (χ0v) is 18.0. The van der Waals surface area contributed by atoms with Crippen LogP contribution in [0, 0.1) is 6.92 Å². The number of nitrogens with one attached hydrogen (secondary N) is 1. The maximum Gasteiger partial charge on any atom is 0.242 e. The smallest absolute Gasteiger partial charge is 0.242 e. The van der Waals surface area contributed by atoms with E-state index < -0.39 is 16.1 Å². The van der Waals surface area contributed by atoms with Crippen molar-refractivity contribution in [2.75, 3.05) is 6.54 Å². The quantitative estimate of drug-likeness (QED) is 0.634. The van der Waals surface area contributed by atoms with Gasteiger partial charge in [0.1, 0.15) is 4.90 Å². The summed E-state index contributed by atoms with van der Waals surface area (Å²) in [7, 11) is -1.94. The molecule has 0 aliphatic carbocycles. The third-order valence-corrected chi connectivity index (χ3v) is 6.06. The van der Waals surface area contributed by atoms with E-state index in [0.717, 1.165) is 11.3 Å². The van der Waals surface area contributed by atoms with Crippen LogP contribution in [-0.2, 0) is 17.1 Å². The second-order valence-corrected chi connectivity index (χ2v) is 8.80. The van der Waals surface area contributed by atoms with Crippen molar-refractivity contribution in [1.82, 2.24) is 19.5 Å². The van der Waals surface area contributed by atoms with Gasteiger partial charge in [-0.3, -0.25) is 4.68 Å². The van der Waals surface area contributed by atoms with Crippen LogP contribution in [0.15, 0.2) is 41.4 Å². The molecule has 3 aromatic rings. The van der Waals surface area contributed by atoms with Gasteiger partial charge in [-0.25, -0.2) is 18.1 Å². The first-order chi connectivity index (χ1) is 12.7. The summed E-state index contributed by atoms with van der Waals surface area (Å²) in [5.41, 5.74) is 9.66. The van der Waals surface area contributed by atoms with E-state index in [1.807, 2.05) is 31.2 Å². The Morgan fingerprint density at radius 3 is 2.39 bits per heavy atom. The van der Waals surface area contributed by atoms with Crippen LogP contribution in [0.2, 0.25) is 0 Å². The minimum absolute atomic E-state index is 0. The molecule has 0 aliphatic heterocycles. The zero-order chi connectivity index (χ0) is 19.8. The molecular formula is C19H26ClN5O2S. The Bertz CT molecular complexity index is 1060. The lowest BCUT2D eigenvalue weighted by molar-refractivity contribution is 0.572. The Balaban J connectivity index is 0.00000280. The van der Waals surface area contributed by atoms with Crippen molar-refractivity contribution in [2.45, 2.75) is 37.6 Å². The molecular weight excluding hydrogens is 398 g/mol. The SMILES string of the molecule is Cc1nn(C)c2ncc(S(=O)(=O)NCC(N)c3ccc(C(C)C)cc3)cc12.Cl. The Hall–Kier alpha value is -2.00. The van der Waals surface area contributed by atoms with E-state index in [2.05, 4.69) is 28.7 Å². The molecule has 152 valence electrons. The minimum Gasteiger partial charge on any atom is -0.323 e. The van der Waals surface area contributed by atoms with Crippen molar-refractivity contribution >= 4 is 33.5 Å². The summed E-state index contributed by atoms with van der Waals surface area (Å²) in [5.74, 6) is 0.437. The first-order valence-corrected chi connectivity index (χ1v) is 10.3. The Kier molecular flexibility index (Phi) is 6.82. The van der Waals surface area contributed by atoms with Gasteiger partial charge in [0.2, 0.25) is 10.0 Å². The molecule has 1 atom stereocenters. The maximum absolute atomic E-state index is 12.6. The highest BCUT2D eigenvalue weighted by molar-refractivity contribution is 7.89. The summed E-state index contributed by atoms with van der Waals surface area (Å²) in [4.78, 5) is 4.33. The second-order valence-electron chi connectivity index (χ2n) is 7.03. The van der Waals surface area contributed by atoms with E-state index in [-0.39, 0.29) is 23.8 Å². The fraction of sp³-hybridized carbons (Fsp3) is 0.368. The van der Waals surface area contributed by atoms with Crippen LogP contribution in [0.25, 0.3) is 11.0 Å². The normalized spacial score (nSPS) is 12.9. The van der Waals surface area contributed by atoms with Gasteiger partial charge in [0.25, 0.3) is 0 Å². The molecule has 0 saturated carbocycles. The number of nitrogens with zero attached hydrogens (tertiary/aromatic N) is 3. The van der Waals surface area contributed by atoms with E-state index in [4.69, 9.17) is 5.73 Å². The third kappa shape index (κ3) is 4.52. The monoisotopic (exact) mass is 423 g/mol. The number of aryl methyl sites for hydroxylation is 2. The number of aromatic nitrogens is 3. The van der Waals surface area contributed by atoms with E-state index in [1.54, 1.807) is 17.8 Å². The van der Waals surface area contributed by atoms with E-state index in [0.29, 0.717) is 17.0 Å². The Morgan fingerprint density at radius 1 is 1.18 bits per heavy atom. The van der Waals surface area contributed by atoms with Gasteiger partial charge < -0.3 is 5.73 Å². The Labute approximate surface area is 171 Å². The zero-order valence-electron chi connectivity index (χ0n) is 16.4. The average Bonchev–Trinajstić information content (AvgIpc) is 2.93. The standard InChI is InChI=1S/C19H25N5O2S.ClH/c1-12(2)14-5-7-15(8-6-14)18(20)11-22-27(25,26)16-9-17-13(3)23-24(4)19(17)21-10-16;/h5-10,12,18,22H,11,20H2,1-4H3;1H. The Morgan fingerprint density at radius 2 is 1.79 bits per heavy atom. The van der Waals surface area contributed by atoms with Gasteiger partial charge in [0.05, 0.1) is 5.69 Å². The summed E-state index contributed by atoms with van der Waals surface area (Å²) >= 11 is 0. The van der Waals surface area contributed by atoms with Gasteiger partial charge >= 0.3 is 0 Å². The van der Waals surface area contributed by atoms with Crippen molar-refractivity contribution in [3.8, 4) is 0 Å². The molecule has 2 heterocycles. The molecule has 1 aromatic carbocycles. The summed E-state index contributed by atoms with van der Waals surface area (Å²) in [6, 6.07) is 9.10. The van der Waals surface area contributed by atoms with Crippen molar-refractivity contribution in [3.63, 3.8) is 0 Å². The van der Waals surface area contributed by atoms with Gasteiger partial charge in [0, 0.05) is 31.2 Å². The number of hydrogen-bond donors (Lipinski definition) is 2. The molecule has 0 bridgehead atoms. The van der Waals surface area contributed by atoms with Gasteiger partial charge in [-0.05, 0) is 30.0 Å². The lowest BCUT2D eigenvalue weighted by atomic mass is 9.99. The first kappa shape index (κ1) is 22.3. The predicted molar refractivity (Wildman–Crippen MR) is 113 cm³/mol. The fourth-order valence-corrected chi connectivity index (χ4v) is 3.99. The summed E-state index contributed by atoms with van der Waals surface area (Å²) in [6.07, 6.45) is 1.34. The molecule has 0 aliphatic rings. The predicted octanol–water partition coefficient (Wildman–Crippen LogP) is 2.80. The lowest BCUT2D eigenvalue weighted by Gasteiger charge is -2.15. The van der Waals surface area contributed by atoms with Crippen LogP contribution in [0.5, 0.6) is 0 Å². The number of hydrogen-bond acceptors (Lipinski definition) is 5. The van der Waals surface area contributed by atoms with Crippen LogP contribution in [0.3, 0.4) is 0 Å². The molecule has 0 saturated heterocycles. The molecule has 0 spiro atoms. The van der Waals surface area contributed by atoms with Crippen molar-refractivity contribution < 1.29 is 8.42 Å². The number of benzene rings is 1. The molecule has 9 heteroatoms. The topological polar surface area (TPSA) is 103 Å². The number of pyridine rings is 1. The van der Waals surface area contributed by atoms with E-state index in [9.17, 15) is 8.42 Å². The van der Waals surface area contributed by atoms with Crippen molar-refractivity contribution in [2.24, 2.45) is 12.8 Å². The van der Waals surface area contributed by atoms with Crippen molar-refractivity contribution in [3.05, 3.63) is 53.3 Å². The van der Waals surface area contributed by atoms with E-state index in [1.165, 1.54) is 11.8 Å². The molecule has 3 N–H and O–H groups in total. The van der Waals surface area contributed by atoms with Gasteiger partial charge in [0.15, 0.2) is 5.65 Å². The minimum atomic E-state index is -3.71. The maximum atomic E-state index is 12.6. The van der Waals surface area contributed by atoms with Crippen LogP contribution in [-0.4, -0.2) is 29.7 Å². The molecule has 0 radical (unpaired) electrons. The molecule has 2 aromatic heterocycles. The van der Waals surface area contributed by atoms with E-state index >= 15 is 0 Å². The summed E-state index contributed by atoms with van der Waals surface area (Å²) < 4.78 is 29.5. The highest BCUT2D eigenvalue weighted by atomic mass is 35.5. The van der Waals surface area contributed by atoms with Gasteiger partial charge in [-0.2, -0.15) is 5.10 Å². The summed E-state index contributed by atoms with van der Waals surface area (Å²) in [6.45, 7) is 6.17. The van der Waals surface area contributed by atoms with Crippen LogP contribution in [0.4, 0.5) is 0 Å². The molecule has 0 amide bonds. The number of rotatable bonds is 6. The third-order valence-electron chi connectivity index (χ3n) is 4.67. The van der Waals surface area contributed by atoms with Crippen LogP contribution >= 0.6 is 12.4 Å². The molecule has 28 heavy (non-hydrogen) atoms. The van der Waals surface area contributed by atoms with Gasteiger partial charge in [-0.15, -0.1) is 12.4 Å². The molecule has 7 nitrogen and oxygen atoms in total. The lowest BCUT2D eigenvalue weighted by Crippen LogP contribution is -2.32. The van der Waals surface area contributed by atoms with Crippen LogP contribution < -0.4 is 10.5 Å².